The summed E-state index contributed by atoms with van der Waals surface area (Å²) in [5, 5.41) is 2.93. The number of aromatic nitrogens is 1. The number of rotatable bonds is 5. The molecule has 2 amide bonds. The number of primary amides is 1. The average Bonchev–Trinajstić information content (AvgIpc) is 2.98. The van der Waals surface area contributed by atoms with E-state index in [0.29, 0.717) is 0 Å². The van der Waals surface area contributed by atoms with Crippen molar-refractivity contribution in [2.24, 2.45) is 5.73 Å². The Balaban J connectivity index is 2.00. The first kappa shape index (κ1) is 14.5. The van der Waals surface area contributed by atoms with E-state index in [1.54, 1.807) is 0 Å². The molecule has 6 heteroatoms. The second-order valence-corrected chi connectivity index (χ2v) is 4.84. The maximum Gasteiger partial charge on any atom is 0.270 e. The number of nitrogens with two attached hydrogens (primary N) is 1. The standard InChI is InChI=1S/C14H19N3O3/c1-2-10(12-4-3-7-20-12)17-14(19)11-6-5-9(8-16-11)13(15)18/h5-6,8,10,12H,2-4,7H2,1H3,(H2,15,18)(H,17,19). The van der Waals surface area contributed by atoms with Crippen LogP contribution in [0.15, 0.2) is 18.3 Å². The first-order valence-corrected chi connectivity index (χ1v) is 6.80. The van der Waals surface area contributed by atoms with E-state index in [9.17, 15) is 9.59 Å². The van der Waals surface area contributed by atoms with Gasteiger partial charge in [-0.05, 0) is 31.4 Å². The highest BCUT2D eigenvalue weighted by molar-refractivity contribution is 5.95. The molecule has 2 unspecified atom stereocenters. The predicted molar refractivity (Wildman–Crippen MR) is 73.3 cm³/mol. The number of nitrogens with one attached hydrogen (secondary N) is 1. The van der Waals surface area contributed by atoms with Crippen molar-refractivity contribution < 1.29 is 14.3 Å². The Morgan fingerprint density at radius 2 is 2.35 bits per heavy atom. The lowest BCUT2D eigenvalue weighted by Gasteiger charge is -2.22. The number of pyridine rings is 1. The van der Waals surface area contributed by atoms with Gasteiger partial charge in [0.1, 0.15) is 5.69 Å². The van der Waals surface area contributed by atoms with Crippen LogP contribution in [-0.4, -0.2) is 35.6 Å². The van der Waals surface area contributed by atoms with Crippen LogP contribution in [0.4, 0.5) is 0 Å². The summed E-state index contributed by atoms with van der Waals surface area (Å²) in [5.74, 6) is -0.821. The Hall–Kier alpha value is -1.95. The molecular weight excluding hydrogens is 258 g/mol. The van der Waals surface area contributed by atoms with Crippen molar-refractivity contribution in [3.8, 4) is 0 Å². The van der Waals surface area contributed by atoms with Crippen molar-refractivity contribution in [3.63, 3.8) is 0 Å². The molecule has 2 heterocycles. The third-order valence-corrected chi connectivity index (χ3v) is 3.45. The van der Waals surface area contributed by atoms with Crippen molar-refractivity contribution in [1.29, 1.82) is 0 Å². The number of nitrogens with zero attached hydrogens (tertiary/aromatic N) is 1. The van der Waals surface area contributed by atoms with Crippen molar-refractivity contribution in [3.05, 3.63) is 29.6 Å². The fourth-order valence-electron chi connectivity index (χ4n) is 2.29. The van der Waals surface area contributed by atoms with Crippen LogP contribution < -0.4 is 11.1 Å². The third-order valence-electron chi connectivity index (χ3n) is 3.45. The van der Waals surface area contributed by atoms with E-state index in [0.717, 1.165) is 25.9 Å². The van der Waals surface area contributed by atoms with Gasteiger partial charge in [0.25, 0.3) is 5.91 Å². The molecule has 1 aliphatic heterocycles. The molecule has 1 saturated heterocycles. The van der Waals surface area contributed by atoms with Crippen molar-refractivity contribution in [2.75, 3.05) is 6.61 Å². The van der Waals surface area contributed by atoms with Crippen LogP contribution in [-0.2, 0) is 4.74 Å². The molecule has 1 aromatic heterocycles. The summed E-state index contributed by atoms with van der Waals surface area (Å²) >= 11 is 0. The lowest BCUT2D eigenvalue weighted by Crippen LogP contribution is -2.42. The topological polar surface area (TPSA) is 94.3 Å². The summed E-state index contributed by atoms with van der Waals surface area (Å²) in [6, 6.07) is 2.98. The van der Waals surface area contributed by atoms with E-state index in [-0.39, 0.29) is 29.3 Å². The molecule has 0 aromatic carbocycles. The minimum atomic E-state index is -0.560. The van der Waals surface area contributed by atoms with Gasteiger partial charge in [-0.25, -0.2) is 0 Å². The lowest BCUT2D eigenvalue weighted by atomic mass is 10.1. The van der Waals surface area contributed by atoms with Crippen LogP contribution in [0.2, 0.25) is 0 Å². The first-order valence-electron chi connectivity index (χ1n) is 6.80. The van der Waals surface area contributed by atoms with Crippen molar-refractivity contribution >= 4 is 11.8 Å². The number of ether oxygens (including phenoxy) is 1. The fourth-order valence-corrected chi connectivity index (χ4v) is 2.29. The van der Waals surface area contributed by atoms with Crippen LogP contribution in [0.25, 0.3) is 0 Å². The molecule has 0 aliphatic carbocycles. The van der Waals surface area contributed by atoms with Crippen LogP contribution in [0.1, 0.15) is 47.0 Å². The molecule has 1 fully saturated rings. The van der Waals surface area contributed by atoms with Gasteiger partial charge in [0.15, 0.2) is 0 Å². The number of carbonyl (C=O) groups excluding carboxylic acids is 2. The molecule has 0 saturated carbocycles. The predicted octanol–water partition coefficient (Wildman–Crippen LogP) is 0.868. The molecule has 6 nitrogen and oxygen atoms in total. The van der Waals surface area contributed by atoms with E-state index < -0.39 is 5.91 Å². The molecule has 0 bridgehead atoms. The van der Waals surface area contributed by atoms with Crippen LogP contribution in [0.5, 0.6) is 0 Å². The Bertz CT molecular complexity index is 481. The highest BCUT2D eigenvalue weighted by Gasteiger charge is 2.26. The maximum absolute atomic E-state index is 12.1. The van der Waals surface area contributed by atoms with E-state index >= 15 is 0 Å². The SMILES string of the molecule is CCC(NC(=O)c1ccc(C(N)=O)cn1)C1CCCO1. The van der Waals surface area contributed by atoms with Crippen LogP contribution in [0.3, 0.4) is 0 Å². The number of hydrogen-bond donors (Lipinski definition) is 2. The molecule has 2 atom stereocenters. The average molecular weight is 277 g/mol. The Labute approximate surface area is 117 Å². The Morgan fingerprint density at radius 3 is 2.85 bits per heavy atom. The third kappa shape index (κ3) is 3.33. The summed E-state index contributed by atoms with van der Waals surface area (Å²) < 4.78 is 5.60. The quantitative estimate of drug-likeness (QED) is 0.835. The van der Waals surface area contributed by atoms with Gasteiger partial charge >= 0.3 is 0 Å². The summed E-state index contributed by atoms with van der Waals surface area (Å²) in [7, 11) is 0. The monoisotopic (exact) mass is 277 g/mol. The second-order valence-electron chi connectivity index (χ2n) is 4.84. The van der Waals surface area contributed by atoms with Gasteiger partial charge in [-0.2, -0.15) is 0 Å². The zero-order chi connectivity index (χ0) is 14.5. The minimum Gasteiger partial charge on any atom is -0.376 e. The smallest absolute Gasteiger partial charge is 0.270 e. The van der Waals surface area contributed by atoms with Gasteiger partial charge in [-0.1, -0.05) is 6.92 Å². The first-order chi connectivity index (χ1) is 9.61. The summed E-state index contributed by atoms with van der Waals surface area (Å²) in [4.78, 5) is 27.0. The van der Waals surface area contributed by atoms with Gasteiger partial charge in [0.2, 0.25) is 5.91 Å². The summed E-state index contributed by atoms with van der Waals surface area (Å²) in [6.07, 6.45) is 4.18. The van der Waals surface area contributed by atoms with Crippen molar-refractivity contribution in [2.45, 2.75) is 38.3 Å². The van der Waals surface area contributed by atoms with Gasteiger partial charge in [0.05, 0.1) is 17.7 Å². The van der Waals surface area contributed by atoms with Crippen LogP contribution >= 0.6 is 0 Å². The molecule has 0 radical (unpaired) electrons. The van der Waals surface area contributed by atoms with E-state index in [4.69, 9.17) is 10.5 Å². The Morgan fingerprint density at radius 1 is 1.55 bits per heavy atom. The lowest BCUT2D eigenvalue weighted by molar-refractivity contribution is 0.0663. The van der Waals surface area contributed by atoms with E-state index in [1.165, 1.54) is 18.3 Å². The molecule has 20 heavy (non-hydrogen) atoms. The highest BCUT2D eigenvalue weighted by atomic mass is 16.5. The van der Waals surface area contributed by atoms with Crippen LogP contribution in [0, 0.1) is 0 Å². The molecule has 1 aromatic rings. The van der Waals surface area contributed by atoms with Gasteiger partial charge in [-0.3, -0.25) is 14.6 Å². The second kappa shape index (κ2) is 6.47. The molecular formula is C14H19N3O3. The zero-order valence-corrected chi connectivity index (χ0v) is 11.5. The van der Waals surface area contributed by atoms with Gasteiger partial charge in [0, 0.05) is 12.8 Å². The number of carbonyl (C=O) groups is 2. The van der Waals surface area contributed by atoms with Gasteiger partial charge < -0.3 is 15.8 Å². The number of amides is 2. The molecule has 2 rings (SSSR count). The highest BCUT2D eigenvalue weighted by Crippen LogP contribution is 2.17. The molecule has 0 spiro atoms. The minimum absolute atomic E-state index is 0.0115. The maximum atomic E-state index is 12.1. The van der Waals surface area contributed by atoms with E-state index in [1.807, 2.05) is 6.92 Å². The Kier molecular flexibility index (Phi) is 4.68. The van der Waals surface area contributed by atoms with E-state index in [2.05, 4.69) is 10.3 Å². The number of hydrogen-bond acceptors (Lipinski definition) is 4. The normalized spacial score (nSPS) is 19.6. The summed E-state index contributed by atoms with van der Waals surface area (Å²) in [6.45, 7) is 2.76. The molecule has 108 valence electrons. The van der Waals surface area contributed by atoms with Gasteiger partial charge in [-0.15, -0.1) is 0 Å². The fraction of sp³-hybridized carbons (Fsp3) is 0.500. The molecule has 1 aliphatic rings. The molecule has 3 N–H and O–H groups in total. The van der Waals surface area contributed by atoms with Crippen molar-refractivity contribution in [1.82, 2.24) is 10.3 Å². The zero-order valence-electron chi connectivity index (χ0n) is 11.5. The largest absolute Gasteiger partial charge is 0.376 e. The summed E-state index contributed by atoms with van der Waals surface area (Å²) in [5.41, 5.74) is 5.68.